The average molecular weight is 365 g/mol. The zero-order valence-corrected chi connectivity index (χ0v) is 15.2. The molecule has 0 aliphatic heterocycles. The van der Waals surface area contributed by atoms with Gasteiger partial charge >= 0.3 is 0 Å². The first-order valence-electron chi connectivity index (χ1n) is 9.16. The van der Waals surface area contributed by atoms with Crippen LogP contribution in [0.1, 0.15) is 43.0 Å². The second-order valence-electron chi connectivity index (χ2n) is 7.28. The van der Waals surface area contributed by atoms with Crippen LogP contribution in [0.4, 0.5) is 11.5 Å². The summed E-state index contributed by atoms with van der Waals surface area (Å²) in [5.41, 5.74) is 15.0. The van der Waals surface area contributed by atoms with Crippen LogP contribution in [0, 0.1) is 5.92 Å². The van der Waals surface area contributed by atoms with Crippen LogP contribution < -0.4 is 16.8 Å². The molecule has 8 heteroatoms. The van der Waals surface area contributed by atoms with Crippen molar-refractivity contribution in [3.63, 3.8) is 0 Å². The molecule has 3 aromatic heterocycles. The van der Waals surface area contributed by atoms with Gasteiger partial charge in [-0.1, -0.05) is 6.92 Å². The Morgan fingerprint density at radius 1 is 1.26 bits per heavy atom. The lowest BCUT2D eigenvalue weighted by Crippen LogP contribution is -2.27. The molecule has 140 valence electrons. The fraction of sp³-hybridized carbons (Fsp3) is 0.368. The molecule has 3 aromatic rings. The summed E-state index contributed by atoms with van der Waals surface area (Å²) < 4.78 is 1.72. The van der Waals surface area contributed by atoms with Crippen molar-refractivity contribution in [1.29, 1.82) is 0 Å². The number of carbonyl (C=O) groups is 1. The SMILES string of the molecule is CC1CCC(Nc2c(C(N)=O)cnn3cc(-c4cncnc4N)cc23)CC1. The fourth-order valence-corrected chi connectivity index (χ4v) is 3.71. The van der Waals surface area contributed by atoms with E-state index in [9.17, 15) is 4.79 Å². The van der Waals surface area contributed by atoms with E-state index in [-0.39, 0.29) is 0 Å². The average Bonchev–Trinajstić information content (AvgIpc) is 3.08. The summed E-state index contributed by atoms with van der Waals surface area (Å²) in [6, 6.07) is 2.25. The van der Waals surface area contributed by atoms with Crippen molar-refractivity contribution in [2.45, 2.75) is 38.6 Å². The highest BCUT2D eigenvalue weighted by molar-refractivity contribution is 6.02. The summed E-state index contributed by atoms with van der Waals surface area (Å²) in [5, 5.41) is 7.89. The molecule has 1 saturated carbocycles. The van der Waals surface area contributed by atoms with Crippen LogP contribution >= 0.6 is 0 Å². The number of anilines is 2. The molecule has 8 nitrogen and oxygen atoms in total. The molecular weight excluding hydrogens is 342 g/mol. The maximum atomic E-state index is 12.0. The van der Waals surface area contributed by atoms with Crippen molar-refractivity contribution in [3.8, 4) is 11.1 Å². The second-order valence-corrected chi connectivity index (χ2v) is 7.28. The van der Waals surface area contributed by atoms with Gasteiger partial charge in [0.2, 0.25) is 0 Å². The molecule has 0 spiro atoms. The molecule has 0 aromatic carbocycles. The van der Waals surface area contributed by atoms with Crippen molar-refractivity contribution in [3.05, 3.63) is 36.5 Å². The Balaban J connectivity index is 1.78. The third-order valence-electron chi connectivity index (χ3n) is 5.32. The largest absolute Gasteiger partial charge is 0.383 e. The number of aromatic nitrogens is 4. The Morgan fingerprint density at radius 3 is 2.74 bits per heavy atom. The molecule has 1 aliphatic rings. The smallest absolute Gasteiger partial charge is 0.252 e. The molecule has 1 fully saturated rings. The minimum Gasteiger partial charge on any atom is -0.383 e. The number of primary amides is 1. The van der Waals surface area contributed by atoms with E-state index < -0.39 is 5.91 Å². The van der Waals surface area contributed by atoms with E-state index in [0.717, 1.165) is 41.1 Å². The molecule has 27 heavy (non-hydrogen) atoms. The second kappa shape index (κ2) is 6.86. The van der Waals surface area contributed by atoms with Crippen molar-refractivity contribution in [1.82, 2.24) is 19.6 Å². The summed E-state index contributed by atoms with van der Waals surface area (Å²) in [4.78, 5) is 20.1. The minimum absolute atomic E-state index is 0.314. The van der Waals surface area contributed by atoms with Crippen LogP contribution in [0.3, 0.4) is 0 Å². The van der Waals surface area contributed by atoms with E-state index in [2.05, 4.69) is 27.3 Å². The van der Waals surface area contributed by atoms with Gasteiger partial charge in [-0.15, -0.1) is 0 Å². The highest BCUT2D eigenvalue weighted by Crippen LogP contribution is 2.32. The lowest BCUT2D eigenvalue weighted by atomic mass is 9.87. The molecule has 0 bridgehead atoms. The number of fused-ring (bicyclic) bond motifs is 1. The summed E-state index contributed by atoms with van der Waals surface area (Å²) >= 11 is 0. The molecule has 4 rings (SSSR count). The van der Waals surface area contributed by atoms with E-state index >= 15 is 0 Å². The van der Waals surface area contributed by atoms with E-state index in [1.165, 1.54) is 25.4 Å². The number of rotatable bonds is 4. The van der Waals surface area contributed by atoms with Gasteiger partial charge in [0, 0.05) is 29.6 Å². The fourth-order valence-electron chi connectivity index (χ4n) is 3.71. The monoisotopic (exact) mass is 365 g/mol. The predicted molar refractivity (Wildman–Crippen MR) is 104 cm³/mol. The van der Waals surface area contributed by atoms with Gasteiger partial charge in [0.15, 0.2) is 0 Å². The topological polar surface area (TPSA) is 124 Å². The van der Waals surface area contributed by atoms with Crippen molar-refractivity contribution < 1.29 is 4.79 Å². The number of nitrogen functional groups attached to an aromatic ring is 1. The first-order valence-corrected chi connectivity index (χ1v) is 9.16. The molecule has 0 radical (unpaired) electrons. The Morgan fingerprint density at radius 2 is 2.04 bits per heavy atom. The maximum absolute atomic E-state index is 12.0. The van der Waals surface area contributed by atoms with Gasteiger partial charge in [0.1, 0.15) is 12.1 Å². The third kappa shape index (κ3) is 3.30. The minimum atomic E-state index is -0.498. The summed E-state index contributed by atoms with van der Waals surface area (Å²) in [7, 11) is 0. The Hall–Kier alpha value is -3.16. The normalized spacial score (nSPS) is 19.9. The van der Waals surface area contributed by atoms with Crippen molar-refractivity contribution in [2.75, 3.05) is 11.1 Å². The van der Waals surface area contributed by atoms with E-state index in [1.807, 2.05) is 12.3 Å². The molecule has 1 aliphatic carbocycles. The molecule has 0 saturated heterocycles. The summed E-state index contributed by atoms with van der Waals surface area (Å²) in [5.74, 6) is 0.644. The molecule has 1 amide bonds. The van der Waals surface area contributed by atoms with Crippen LogP contribution in [0.2, 0.25) is 0 Å². The van der Waals surface area contributed by atoms with Gasteiger partial charge in [-0.3, -0.25) is 4.79 Å². The zero-order valence-electron chi connectivity index (χ0n) is 15.2. The van der Waals surface area contributed by atoms with Crippen LogP contribution in [0.5, 0.6) is 0 Å². The molecule has 0 atom stereocenters. The number of hydrogen-bond acceptors (Lipinski definition) is 6. The van der Waals surface area contributed by atoms with Gasteiger partial charge in [-0.05, 0) is 37.7 Å². The standard InChI is InChI=1S/C19H23N7O/c1-11-2-4-13(5-3-11)25-17-15(19(21)27)8-24-26-9-12(6-16(17)26)14-7-22-10-23-18(14)20/h6-11,13,25H,2-5H2,1H3,(H2,21,27)(H2,20,22,23). The van der Waals surface area contributed by atoms with E-state index in [1.54, 1.807) is 10.7 Å². The Kier molecular flexibility index (Phi) is 4.39. The zero-order chi connectivity index (χ0) is 19.0. The first kappa shape index (κ1) is 17.3. The van der Waals surface area contributed by atoms with Crippen LogP contribution in [0.25, 0.3) is 16.6 Å². The van der Waals surface area contributed by atoms with Crippen LogP contribution in [-0.4, -0.2) is 31.5 Å². The van der Waals surface area contributed by atoms with Crippen molar-refractivity contribution in [2.24, 2.45) is 11.7 Å². The van der Waals surface area contributed by atoms with Gasteiger partial charge in [0.05, 0.1) is 23.0 Å². The number of hydrogen-bond donors (Lipinski definition) is 3. The number of carbonyl (C=O) groups excluding carboxylic acids is 1. The third-order valence-corrected chi connectivity index (χ3v) is 5.32. The lowest BCUT2D eigenvalue weighted by molar-refractivity contribution is 0.100. The molecular formula is C19H23N7O. The van der Waals surface area contributed by atoms with E-state index in [0.29, 0.717) is 17.4 Å². The quantitative estimate of drug-likeness (QED) is 0.652. The van der Waals surface area contributed by atoms with E-state index in [4.69, 9.17) is 11.5 Å². The van der Waals surface area contributed by atoms with Crippen LogP contribution in [-0.2, 0) is 0 Å². The summed E-state index contributed by atoms with van der Waals surface area (Å²) in [6.07, 6.45) is 10.9. The lowest BCUT2D eigenvalue weighted by Gasteiger charge is -2.28. The Bertz CT molecular complexity index is 989. The number of nitrogens with zero attached hydrogens (tertiary/aromatic N) is 4. The highest BCUT2D eigenvalue weighted by Gasteiger charge is 2.22. The number of nitrogens with two attached hydrogens (primary N) is 2. The number of nitrogens with one attached hydrogen (secondary N) is 1. The molecule has 0 unspecified atom stereocenters. The molecule has 3 heterocycles. The maximum Gasteiger partial charge on any atom is 0.252 e. The predicted octanol–water partition coefficient (Wildman–Crippen LogP) is 2.46. The van der Waals surface area contributed by atoms with Crippen molar-refractivity contribution >= 4 is 22.9 Å². The summed E-state index contributed by atoms with van der Waals surface area (Å²) in [6.45, 7) is 2.28. The van der Waals surface area contributed by atoms with Crippen LogP contribution in [0.15, 0.2) is 31.0 Å². The highest BCUT2D eigenvalue weighted by atomic mass is 16.1. The van der Waals surface area contributed by atoms with Gasteiger partial charge in [-0.25, -0.2) is 14.5 Å². The first-order chi connectivity index (χ1) is 13.0. The van der Waals surface area contributed by atoms with Gasteiger partial charge < -0.3 is 16.8 Å². The Labute approximate surface area is 157 Å². The van der Waals surface area contributed by atoms with Gasteiger partial charge in [0.25, 0.3) is 5.91 Å². The molecule has 5 N–H and O–H groups in total. The van der Waals surface area contributed by atoms with Gasteiger partial charge in [-0.2, -0.15) is 5.10 Å². The number of amides is 1.